The number of esters is 1. The van der Waals surface area contributed by atoms with Gasteiger partial charge in [-0.3, -0.25) is 14.4 Å². The number of nitrogens with zero attached hydrogens (tertiary/aromatic N) is 2. The Morgan fingerprint density at radius 1 is 1.32 bits per heavy atom. The number of ether oxygens (including phenoxy) is 2. The molecule has 1 aromatic rings. The molecule has 0 saturated carbocycles. The van der Waals surface area contributed by atoms with E-state index in [1.807, 2.05) is 20.8 Å². The fourth-order valence-corrected chi connectivity index (χ4v) is 6.90. The lowest BCUT2D eigenvalue weighted by molar-refractivity contribution is -0.160. The van der Waals surface area contributed by atoms with Crippen LogP contribution >= 0.6 is 11.6 Å². The number of fused-ring (bicyclic) bond motifs is 1. The van der Waals surface area contributed by atoms with E-state index in [0.29, 0.717) is 30.0 Å². The minimum Gasteiger partial charge on any atom is -0.461 e. The summed E-state index contributed by atoms with van der Waals surface area (Å²) in [5, 5.41) is 10.9. The first-order valence-corrected chi connectivity index (χ1v) is 13.6. The van der Waals surface area contributed by atoms with Gasteiger partial charge in [0.15, 0.2) is 0 Å². The molecule has 0 radical (unpaired) electrons. The zero-order valence-electron chi connectivity index (χ0n) is 22.3. The van der Waals surface area contributed by atoms with Gasteiger partial charge in [-0.25, -0.2) is 0 Å². The molecule has 2 bridgehead atoms. The number of hydrogen-bond donors (Lipinski definition) is 1. The van der Waals surface area contributed by atoms with Crippen LogP contribution in [0.5, 0.6) is 0 Å². The molecule has 7 atom stereocenters. The van der Waals surface area contributed by atoms with Gasteiger partial charge in [-0.1, -0.05) is 62.7 Å². The van der Waals surface area contributed by atoms with Gasteiger partial charge in [0, 0.05) is 6.54 Å². The summed E-state index contributed by atoms with van der Waals surface area (Å²) in [6, 6.07) is 5.28. The van der Waals surface area contributed by atoms with Crippen molar-refractivity contribution in [3.63, 3.8) is 0 Å². The number of hydrogen-bond acceptors (Lipinski definition) is 6. The Balaban J connectivity index is 1.87. The molecule has 2 amide bonds. The lowest BCUT2D eigenvalue weighted by atomic mass is 9.66. The van der Waals surface area contributed by atoms with Gasteiger partial charge < -0.3 is 24.4 Å². The first-order chi connectivity index (χ1) is 18.1. The molecule has 3 aliphatic rings. The van der Waals surface area contributed by atoms with Crippen molar-refractivity contribution in [2.24, 2.45) is 17.8 Å². The second-order valence-electron chi connectivity index (χ2n) is 10.7. The van der Waals surface area contributed by atoms with E-state index in [0.717, 1.165) is 0 Å². The largest absolute Gasteiger partial charge is 0.461 e. The number of rotatable bonds is 11. The van der Waals surface area contributed by atoms with E-state index in [4.69, 9.17) is 21.1 Å². The lowest BCUT2D eigenvalue weighted by Gasteiger charge is -2.41. The first kappa shape index (κ1) is 28.3. The quantitative estimate of drug-likeness (QED) is 0.336. The van der Waals surface area contributed by atoms with Gasteiger partial charge in [-0.05, 0) is 37.8 Å². The van der Waals surface area contributed by atoms with Gasteiger partial charge in [0.2, 0.25) is 5.91 Å². The van der Waals surface area contributed by atoms with E-state index in [1.165, 1.54) is 15.9 Å². The van der Waals surface area contributed by atoms with Gasteiger partial charge >= 0.3 is 5.97 Å². The monoisotopic (exact) mass is 544 g/mol. The molecule has 2 unspecified atom stereocenters. The predicted molar refractivity (Wildman–Crippen MR) is 145 cm³/mol. The van der Waals surface area contributed by atoms with E-state index in [1.54, 1.807) is 30.3 Å². The maximum atomic E-state index is 14.6. The second kappa shape index (κ2) is 10.8. The van der Waals surface area contributed by atoms with Crippen molar-refractivity contribution >= 4 is 35.1 Å². The standard InChI is InChI=1S/C29H37ClN2O6/c1-6-15-31(20-12-10-9-11-19(20)30)26(35)24-29-14-13-28(5,38-29)23(27(36)37-16-7-2)22(29)25(34)32(24)21(17-33)18(4)8-3/h6-7,9-12,18,21-24,33H,1-2,8,13-17H2,3-5H3/t18-,21-,22-,23-,24?,28+,29?/m0/s1. The number of halogens is 1. The van der Waals surface area contributed by atoms with Crippen LogP contribution in [0.15, 0.2) is 49.6 Å². The van der Waals surface area contributed by atoms with Crippen molar-refractivity contribution in [3.8, 4) is 0 Å². The Morgan fingerprint density at radius 2 is 2.03 bits per heavy atom. The van der Waals surface area contributed by atoms with Crippen LogP contribution in [0.25, 0.3) is 0 Å². The van der Waals surface area contributed by atoms with Gasteiger partial charge in [0.1, 0.15) is 24.2 Å². The topological polar surface area (TPSA) is 96.4 Å². The molecule has 3 saturated heterocycles. The van der Waals surface area contributed by atoms with Crippen LogP contribution in [0.2, 0.25) is 5.02 Å². The second-order valence-corrected chi connectivity index (χ2v) is 11.1. The molecule has 3 aliphatic heterocycles. The number of carbonyl (C=O) groups is 3. The van der Waals surface area contributed by atoms with Crippen LogP contribution in [-0.2, 0) is 23.9 Å². The third kappa shape index (κ3) is 4.27. The van der Waals surface area contributed by atoms with Crippen LogP contribution in [0.1, 0.15) is 40.0 Å². The number of aliphatic hydroxyl groups is 1. The molecule has 3 fully saturated rings. The van der Waals surface area contributed by atoms with Crippen molar-refractivity contribution < 1.29 is 29.0 Å². The van der Waals surface area contributed by atoms with E-state index >= 15 is 0 Å². The number of para-hydroxylation sites is 1. The highest BCUT2D eigenvalue weighted by atomic mass is 35.5. The Labute approximate surface area is 229 Å². The molecule has 9 heteroatoms. The van der Waals surface area contributed by atoms with E-state index in [-0.39, 0.29) is 37.5 Å². The number of benzene rings is 1. The summed E-state index contributed by atoms with van der Waals surface area (Å²) in [6.07, 6.45) is 4.65. The van der Waals surface area contributed by atoms with Crippen LogP contribution in [0.3, 0.4) is 0 Å². The Morgan fingerprint density at radius 3 is 2.63 bits per heavy atom. The molecule has 0 aliphatic carbocycles. The summed E-state index contributed by atoms with van der Waals surface area (Å²) in [6.45, 7) is 13.0. The molecule has 3 heterocycles. The maximum absolute atomic E-state index is 14.6. The highest BCUT2D eigenvalue weighted by molar-refractivity contribution is 6.34. The highest BCUT2D eigenvalue weighted by Crippen LogP contribution is 2.64. The summed E-state index contributed by atoms with van der Waals surface area (Å²) in [4.78, 5) is 45.2. The smallest absolute Gasteiger partial charge is 0.313 e. The first-order valence-electron chi connectivity index (χ1n) is 13.2. The fourth-order valence-electron chi connectivity index (χ4n) is 6.66. The van der Waals surface area contributed by atoms with Crippen LogP contribution < -0.4 is 4.90 Å². The average Bonchev–Trinajstić information content (AvgIpc) is 3.47. The van der Waals surface area contributed by atoms with Crippen LogP contribution in [0.4, 0.5) is 5.69 Å². The summed E-state index contributed by atoms with van der Waals surface area (Å²) in [7, 11) is 0. The highest BCUT2D eigenvalue weighted by Gasteiger charge is 2.79. The summed E-state index contributed by atoms with van der Waals surface area (Å²) in [5.74, 6) is -3.21. The SMILES string of the molecule is C=CCOC(=O)[C@@H]1[C@H]2C(=O)N([C@@H](CO)[C@@H](C)CC)C(C(=O)N(CC=C)c3ccccc3Cl)C23CC[C@@]1(C)O3. The Hall–Kier alpha value is -2.68. The zero-order chi connectivity index (χ0) is 27.8. The van der Waals surface area contributed by atoms with E-state index in [2.05, 4.69) is 13.2 Å². The molecule has 38 heavy (non-hydrogen) atoms. The Kier molecular flexibility index (Phi) is 8.07. The average molecular weight is 545 g/mol. The van der Waals surface area contributed by atoms with Crippen molar-refractivity contribution in [2.45, 2.75) is 63.3 Å². The predicted octanol–water partition coefficient (Wildman–Crippen LogP) is 3.76. The van der Waals surface area contributed by atoms with Gasteiger partial charge in [0.25, 0.3) is 5.91 Å². The minimum absolute atomic E-state index is 0.0111. The van der Waals surface area contributed by atoms with E-state index < -0.39 is 41.1 Å². The third-order valence-electron chi connectivity index (χ3n) is 8.61. The number of amides is 2. The van der Waals surface area contributed by atoms with Crippen molar-refractivity contribution in [1.82, 2.24) is 4.90 Å². The summed E-state index contributed by atoms with van der Waals surface area (Å²) in [5.41, 5.74) is -1.72. The van der Waals surface area contributed by atoms with Gasteiger partial charge in [-0.15, -0.1) is 6.58 Å². The molecule has 0 aromatic heterocycles. The zero-order valence-corrected chi connectivity index (χ0v) is 23.0. The van der Waals surface area contributed by atoms with Gasteiger partial charge in [0.05, 0.1) is 34.9 Å². The maximum Gasteiger partial charge on any atom is 0.313 e. The summed E-state index contributed by atoms with van der Waals surface area (Å²) < 4.78 is 12.1. The molecule has 8 nitrogen and oxygen atoms in total. The van der Waals surface area contributed by atoms with Crippen molar-refractivity contribution in [2.75, 3.05) is 24.7 Å². The molecule has 1 spiro atoms. The minimum atomic E-state index is -1.25. The number of carbonyl (C=O) groups excluding carboxylic acids is 3. The normalized spacial score (nSPS) is 31.0. The van der Waals surface area contributed by atoms with Crippen molar-refractivity contribution in [1.29, 1.82) is 0 Å². The number of aliphatic hydroxyl groups excluding tert-OH is 1. The van der Waals surface area contributed by atoms with E-state index in [9.17, 15) is 19.5 Å². The third-order valence-corrected chi connectivity index (χ3v) is 8.93. The number of likely N-dealkylation sites (tertiary alicyclic amines) is 1. The summed E-state index contributed by atoms with van der Waals surface area (Å²) >= 11 is 6.51. The molecule has 1 N–H and O–H groups in total. The van der Waals surface area contributed by atoms with Crippen molar-refractivity contribution in [3.05, 3.63) is 54.6 Å². The van der Waals surface area contributed by atoms with Crippen LogP contribution in [0, 0.1) is 17.8 Å². The lowest BCUT2D eigenvalue weighted by Crippen LogP contribution is -2.60. The molecular weight excluding hydrogens is 508 g/mol. The molecule has 206 valence electrons. The molecule has 1 aromatic carbocycles. The van der Waals surface area contributed by atoms with Gasteiger partial charge in [-0.2, -0.15) is 0 Å². The number of anilines is 1. The molecular formula is C29H37ClN2O6. The Bertz CT molecular complexity index is 1130. The fraction of sp³-hybridized carbons (Fsp3) is 0.552. The van der Waals surface area contributed by atoms with Crippen LogP contribution in [-0.4, -0.2) is 70.8 Å². The molecule has 4 rings (SSSR count).